The number of para-hydroxylation sites is 2. The normalized spacial score (nSPS) is 14.6. The van der Waals surface area contributed by atoms with E-state index >= 15 is 0 Å². The fraction of sp³-hybridized carbons (Fsp3) is 0.462. The Morgan fingerprint density at radius 2 is 1.90 bits per heavy atom. The molecule has 0 unspecified atom stereocenters. The lowest BCUT2D eigenvalue weighted by Crippen LogP contribution is -2.33. The number of carbonyl (C=O) groups is 1. The lowest BCUT2D eigenvalue weighted by Gasteiger charge is -2.20. The molecule has 1 saturated carbocycles. The van der Waals surface area contributed by atoms with Crippen molar-refractivity contribution in [2.45, 2.75) is 58.9 Å². The van der Waals surface area contributed by atoms with Crippen LogP contribution in [0.4, 0.5) is 0 Å². The van der Waals surface area contributed by atoms with Crippen LogP contribution in [0, 0.1) is 19.8 Å². The number of benzene rings is 2. The van der Waals surface area contributed by atoms with Crippen molar-refractivity contribution in [3.8, 4) is 5.75 Å². The van der Waals surface area contributed by atoms with E-state index in [1.54, 1.807) is 0 Å². The van der Waals surface area contributed by atoms with Crippen LogP contribution in [0.3, 0.4) is 0 Å². The second-order valence-corrected chi connectivity index (χ2v) is 8.64. The molecule has 0 spiro atoms. The van der Waals surface area contributed by atoms with Gasteiger partial charge in [0.05, 0.1) is 17.6 Å². The molecule has 0 aliphatic heterocycles. The number of amides is 1. The molecule has 5 heteroatoms. The summed E-state index contributed by atoms with van der Waals surface area (Å²) < 4.78 is 8.25. The van der Waals surface area contributed by atoms with Crippen molar-refractivity contribution in [1.82, 2.24) is 14.9 Å². The smallest absolute Gasteiger partial charge is 0.223 e. The Bertz CT molecular complexity index is 1030. The summed E-state index contributed by atoms with van der Waals surface area (Å²) in [6, 6.07) is 14.4. The summed E-state index contributed by atoms with van der Waals surface area (Å²) in [5.74, 6) is 2.29. The molecule has 1 amide bonds. The van der Waals surface area contributed by atoms with Gasteiger partial charge in [0.2, 0.25) is 5.91 Å². The quantitative estimate of drug-likeness (QED) is 0.561. The molecule has 1 fully saturated rings. The standard InChI is InChI=1S/C26H33N3O2/c1-19-12-13-22(18-20(19)2)31-17-16-29-24-11-7-6-10-23(24)28-25(29)14-15-27-26(30)21-8-4-3-5-9-21/h6-7,10-13,18,21H,3-5,8-9,14-17H2,1-2H3,(H,27,30). The van der Waals surface area contributed by atoms with E-state index in [2.05, 4.69) is 41.9 Å². The molecule has 1 aromatic heterocycles. The maximum atomic E-state index is 12.5. The molecule has 1 aliphatic carbocycles. The molecule has 4 rings (SSSR count). The van der Waals surface area contributed by atoms with Gasteiger partial charge in [-0.3, -0.25) is 4.79 Å². The third-order valence-corrected chi connectivity index (χ3v) is 6.42. The van der Waals surface area contributed by atoms with Gasteiger partial charge in [-0.05, 0) is 62.1 Å². The van der Waals surface area contributed by atoms with Gasteiger partial charge in [-0.1, -0.05) is 37.5 Å². The summed E-state index contributed by atoms with van der Waals surface area (Å²) in [6.45, 7) is 6.13. The van der Waals surface area contributed by atoms with Crippen molar-refractivity contribution < 1.29 is 9.53 Å². The molecule has 2 aromatic carbocycles. The first-order valence-electron chi connectivity index (χ1n) is 11.5. The minimum Gasteiger partial charge on any atom is -0.492 e. The molecular weight excluding hydrogens is 386 g/mol. The number of carbonyl (C=O) groups excluding carboxylic acids is 1. The van der Waals surface area contributed by atoms with Crippen LogP contribution in [-0.2, 0) is 17.8 Å². The first-order valence-corrected chi connectivity index (χ1v) is 11.5. The van der Waals surface area contributed by atoms with Crippen LogP contribution >= 0.6 is 0 Å². The van der Waals surface area contributed by atoms with Gasteiger partial charge in [0.25, 0.3) is 0 Å². The van der Waals surface area contributed by atoms with Crippen molar-refractivity contribution in [2.75, 3.05) is 13.2 Å². The fourth-order valence-electron chi connectivity index (χ4n) is 4.43. The maximum absolute atomic E-state index is 12.5. The first-order chi connectivity index (χ1) is 15.1. The Labute approximate surface area is 184 Å². The van der Waals surface area contributed by atoms with Crippen LogP contribution in [0.25, 0.3) is 11.0 Å². The third-order valence-electron chi connectivity index (χ3n) is 6.42. The van der Waals surface area contributed by atoms with Gasteiger partial charge in [-0.2, -0.15) is 0 Å². The van der Waals surface area contributed by atoms with Crippen molar-refractivity contribution in [2.24, 2.45) is 5.92 Å². The zero-order valence-electron chi connectivity index (χ0n) is 18.7. The molecule has 0 saturated heterocycles. The summed E-state index contributed by atoms with van der Waals surface area (Å²) in [7, 11) is 0. The lowest BCUT2D eigenvalue weighted by molar-refractivity contribution is -0.125. The minimum atomic E-state index is 0.193. The van der Waals surface area contributed by atoms with Crippen molar-refractivity contribution in [1.29, 1.82) is 0 Å². The van der Waals surface area contributed by atoms with Gasteiger partial charge >= 0.3 is 0 Å². The highest BCUT2D eigenvalue weighted by Gasteiger charge is 2.20. The SMILES string of the molecule is Cc1ccc(OCCn2c(CCNC(=O)C3CCCCC3)nc3ccccc32)cc1C. The number of ether oxygens (including phenoxy) is 1. The Kier molecular flexibility index (Phi) is 6.90. The van der Waals surface area contributed by atoms with Crippen LogP contribution in [0.5, 0.6) is 5.75 Å². The van der Waals surface area contributed by atoms with Crippen molar-refractivity contribution >= 4 is 16.9 Å². The number of nitrogens with one attached hydrogen (secondary N) is 1. The molecule has 0 radical (unpaired) electrons. The maximum Gasteiger partial charge on any atom is 0.223 e. The second-order valence-electron chi connectivity index (χ2n) is 8.64. The van der Waals surface area contributed by atoms with Crippen molar-refractivity contribution in [3.05, 3.63) is 59.4 Å². The lowest BCUT2D eigenvalue weighted by atomic mass is 9.89. The van der Waals surface area contributed by atoms with E-state index in [0.29, 0.717) is 13.2 Å². The predicted octanol–water partition coefficient (Wildman–Crippen LogP) is 4.97. The average molecular weight is 420 g/mol. The number of nitrogens with zero attached hydrogens (tertiary/aromatic N) is 2. The van der Waals surface area contributed by atoms with Crippen LogP contribution in [0.1, 0.15) is 49.1 Å². The largest absolute Gasteiger partial charge is 0.492 e. The third kappa shape index (κ3) is 5.27. The molecule has 5 nitrogen and oxygen atoms in total. The fourth-order valence-corrected chi connectivity index (χ4v) is 4.43. The van der Waals surface area contributed by atoms with Gasteiger partial charge in [-0.25, -0.2) is 4.98 Å². The predicted molar refractivity (Wildman–Crippen MR) is 124 cm³/mol. The summed E-state index contributed by atoms with van der Waals surface area (Å²) >= 11 is 0. The number of imidazole rings is 1. The molecule has 1 aliphatic rings. The van der Waals surface area contributed by atoms with Gasteiger partial charge in [0.1, 0.15) is 18.2 Å². The van der Waals surface area contributed by atoms with Crippen LogP contribution in [-0.4, -0.2) is 28.6 Å². The van der Waals surface area contributed by atoms with E-state index in [-0.39, 0.29) is 11.8 Å². The summed E-state index contributed by atoms with van der Waals surface area (Å²) in [5, 5.41) is 3.14. The number of fused-ring (bicyclic) bond motifs is 1. The van der Waals surface area contributed by atoms with Gasteiger partial charge in [0.15, 0.2) is 0 Å². The molecule has 0 atom stereocenters. The molecule has 3 aromatic rings. The molecule has 1 heterocycles. The molecule has 1 N–H and O–H groups in total. The summed E-state index contributed by atoms with van der Waals surface area (Å²) in [4.78, 5) is 17.3. The van der Waals surface area contributed by atoms with Gasteiger partial charge < -0.3 is 14.6 Å². The molecule has 164 valence electrons. The Balaban J connectivity index is 1.39. The Morgan fingerprint density at radius 1 is 1.10 bits per heavy atom. The average Bonchev–Trinajstić information content (AvgIpc) is 3.14. The number of hydrogen-bond acceptors (Lipinski definition) is 3. The van der Waals surface area contributed by atoms with Gasteiger partial charge in [0, 0.05) is 18.9 Å². The number of hydrogen-bond donors (Lipinski definition) is 1. The minimum absolute atomic E-state index is 0.193. The van der Waals surface area contributed by atoms with E-state index in [1.165, 1.54) is 30.4 Å². The second kappa shape index (κ2) is 9.99. The Morgan fingerprint density at radius 3 is 2.71 bits per heavy atom. The van der Waals surface area contributed by atoms with E-state index in [0.717, 1.165) is 48.4 Å². The van der Waals surface area contributed by atoms with Crippen molar-refractivity contribution in [3.63, 3.8) is 0 Å². The Hall–Kier alpha value is -2.82. The summed E-state index contributed by atoms with van der Waals surface area (Å²) in [6.07, 6.45) is 6.39. The number of aryl methyl sites for hydroxylation is 2. The molecule has 0 bridgehead atoms. The van der Waals surface area contributed by atoms with E-state index in [9.17, 15) is 4.79 Å². The van der Waals surface area contributed by atoms with Gasteiger partial charge in [-0.15, -0.1) is 0 Å². The first kappa shape index (κ1) is 21.4. The van der Waals surface area contributed by atoms with E-state index in [4.69, 9.17) is 9.72 Å². The summed E-state index contributed by atoms with van der Waals surface area (Å²) in [5.41, 5.74) is 4.60. The van der Waals surface area contributed by atoms with E-state index < -0.39 is 0 Å². The zero-order valence-corrected chi connectivity index (χ0v) is 18.7. The highest BCUT2D eigenvalue weighted by molar-refractivity contribution is 5.78. The number of rotatable bonds is 8. The van der Waals surface area contributed by atoms with Crippen LogP contribution < -0.4 is 10.1 Å². The number of aromatic nitrogens is 2. The van der Waals surface area contributed by atoms with Crippen LogP contribution in [0.15, 0.2) is 42.5 Å². The van der Waals surface area contributed by atoms with E-state index in [1.807, 2.05) is 24.3 Å². The molecular formula is C26H33N3O2. The monoisotopic (exact) mass is 419 g/mol. The highest BCUT2D eigenvalue weighted by atomic mass is 16.5. The highest BCUT2D eigenvalue weighted by Crippen LogP contribution is 2.23. The molecule has 31 heavy (non-hydrogen) atoms. The topological polar surface area (TPSA) is 56.1 Å². The van der Waals surface area contributed by atoms with Crippen LogP contribution in [0.2, 0.25) is 0 Å². The zero-order chi connectivity index (χ0) is 21.6.